The van der Waals surface area contributed by atoms with Crippen molar-refractivity contribution in [3.8, 4) is 5.75 Å². The van der Waals surface area contributed by atoms with Gasteiger partial charge in [-0.25, -0.2) is 8.42 Å². The Labute approximate surface area is 106 Å². The molecule has 96 valence electrons. The summed E-state index contributed by atoms with van der Waals surface area (Å²) in [6, 6.07) is 3.15. The summed E-state index contributed by atoms with van der Waals surface area (Å²) in [5, 5.41) is 0.323. The van der Waals surface area contributed by atoms with Gasteiger partial charge in [0.15, 0.2) is 15.6 Å². The first-order valence-electron chi connectivity index (χ1n) is 4.99. The molecule has 1 aromatic rings. The van der Waals surface area contributed by atoms with Crippen molar-refractivity contribution in [3.63, 3.8) is 0 Å². The topological polar surface area (TPSA) is 52.6 Å². The molecule has 0 N–H and O–H groups in total. The monoisotopic (exact) mass is 278 g/mol. The molecule has 17 heavy (non-hydrogen) atoms. The molecule has 0 amide bonds. The highest BCUT2D eigenvalue weighted by molar-refractivity contribution is 7.90. The van der Waals surface area contributed by atoms with E-state index in [0.29, 0.717) is 11.6 Å². The van der Waals surface area contributed by atoms with Crippen LogP contribution in [-0.4, -0.2) is 35.0 Å². The third-order valence-corrected chi connectivity index (χ3v) is 3.78. The number of ether oxygens (including phenoxy) is 2. The highest BCUT2D eigenvalue weighted by Gasteiger charge is 2.18. The maximum Gasteiger partial charge on any atom is 0.179 e. The summed E-state index contributed by atoms with van der Waals surface area (Å²) in [4.78, 5) is 0.101. The smallest absolute Gasteiger partial charge is 0.179 e. The molecule has 0 unspecified atom stereocenters. The van der Waals surface area contributed by atoms with Crippen LogP contribution in [0.1, 0.15) is 5.56 Å². The van der Waals surface area contributed by atoms with Gasteiger partial charge in [-0.3, -0.25) is 0 Å². The van der Waals surface area contributed by atoms with Gasteiger partial charge in [-0.1, -0.05) is 17.7 Å². The SMILES string of the molecule is COCCOc1c(S(C)(=O)=O)ccc(C)c1Cl. The zero-order valence-corrected chi connectivity index (χ0v) is 11.6. The summed E-state index contributed by atoms with van der Waals surface area (Å²) in [5.74, 6) is 0.200. The maximum absolute atomic E-state index is 11.6. The van der Waals surface area contributed by atoms with Crippen molar-refractivity contribution < 1.29 is 17.9 Å². The molecule has 0 heterocycles. The molecule has 0 atom stereocenters. The molecule has 6 heteroatoms. The van der Waals surface area contributed by atoms with Gasteiger partial charge in [0.1, 0.15) is 11.5 Å². The number of aryl methyl sites for hydroxylation is 1. The molecule has 0 spiro atoms. The van der Waals surface area contributed by atoms with Crippen molar-refractivity contribution in [2.45, 2.75) is 11.8 Å². The Kier molecular flexibility index (Phi) is 4.80. The summed E-state index contributed by atoms with van der Waals surface area (Å²) < 4.78 is 33.4. The molecule has 0 saturated heterocycles. The first-order valence-corrected chi connectivity index (χ1v) is 7.25. The van der Waals surface area contributed by atoms with Crippen LogP contribution in [0.2, 0.25) is 5.02 Å². The minimum Gasteiger partial charge on any atom is -0.488 e. The van der Waals surface area contributed by atoms with E-state index >= 15 is 0 Å². The zero-order valence-electron chi connectivity index (χ0n) is 9.99. The van der Waals surface area contributed by atoms with E-state index in [4.69, 9.17) is 21.1 Å². The van der Waals surface area contributed by atoms with Gasteiger partial charge < -0.3 is 9.47 Å². The van der Waals surface area contributed by atoms with Crippen LogP contribution in [0.25, 0.3) is 0 Å². The molecular weight excluding hydrogens is 264 g/mol. The predicted octanol–water partition coefficient (Wildman–Crippen LogP) is 2.08. The Morgan fingerprint density at radius 1 is 1.29 bits per heavy atom. The Hall–Kier alpha value is -0.780. The molecule has 0 radical (unpaired) electrons. The molecule has 1 aromatic carbocycles. The fraction of sp³-hybridized carbons (Fsp3) is 0.455. The van der Waals surface area contributed by atoms with E-state index < -0.39 is 9.84 Å². The van der Waals surface area contributed by atoms with Crippen molar-refractivity contribution in [2.75, 3.05) is 26.6 Å². The number of benzene rings is 1. The normalized spacial score (nSPS) is 11.5. The fourth-order valence-corrected chi connectivity index (χ4v) is 2.38. The van der Waals surface area contributed by atoms with Crippen molar-refractivity contribution in [1.82, 2.24) is 0 Å². The lowest BCUT2D eigenvalue weighted by molar-refractivity contribution is 0.144. The number of rotatable bonds is 5. The van der Waals surface area contributed by atoms with E-state index in [1.54, 1.807) is 20.1 Å². The van der Waals surface area contributed by atoms with E-state index in [-0.39, 0.29) is 17.3 Å². The van der Waals surface area contributed by atoms with Gasteiger partial charge >= 0.3 is 0 Å². The van der Waals surface area contributed by atoms with Gasteiger partial charge in [0.05, 0.1) is 11.6 Å². The molecule has 0 saturated carbocycles. The largest absolute Gasteiger partial charge is 0.488 e. The fourth-order valence-electron chi connectivity index (χ4n) is 1.29. The van der Waals surface area contributed by atoms with E-state index in [0.717, 1.165) is 11.8 Å². The molecule has 0 aromatic heterocycles. The summed E-state index contributed by atoms with van der Waals surface area (Å²) in [6.45, 7) is 2.41. The van der Waals surface area contributed by atoms with Gasteiger partial charge in [0.2, 0.25) is 0 Å². The Bertz CT molecular complexity index is 496. The average Bonchev–Trinajstić information content (AvgIpc) is 2.23. The van der Waals surface area contributed by atoms with Gasteiger partial charge in [0.25, 0.3) is 0 Å². The van der Waals surface area contributed by atoms with Crippen molar-refractivity contribution in [1.29, 1.82) is 0 Å². The average molecular weight is 279 g/mol. The van der Waals surface area contributed by atoms with E-state index in [9.17, 15) is 8.42 Å². The number of halogens is 1. The van der Waals surface area contributed by atoms with Crippen LogP contribution < -0.4 is 4.74 Å². The molecule has 0 bridgehead atoms. The summed E-state index contributed by atoms with van der Waals surface area (Å²) in [6.07, 6.45) is 1.12. The Balaban J connectivity index is 3.18. The first kappa shape index (κ1) is 14.3. The minimum absolute atomic E-state index is 0.101. The molecule has 0 aliphatic heterocycles. The standard InChI is InChI=1S/C11H15ClO4S/c1-8-4-5-9(17(3,13)14)11(10(8)12)16-7-6-15-2/h4-5H,6-7H2,1-3H3. The molecule has 1 rings (SSSR count). The summed E-state index contributed by atoms with van der Waals surface area (Å²) >= 11 is 6.05. The van der Waals surface area contributed by atoms with Gasteiger partial charge in [0, 0.05) is 13.4 Å². The Morgan fingerprint density at radius 3 is 2.47 bits per heavy atom. The van der Waals surface area contributed by atoms with E-state index in [1.807, 2.05) is 0 Å². The van der Waals surface area contributed by atoms with Crippen LogP contribution in [0.15, 0.2) is 17.0 Å². The lowest BCUT2D eigenvalue weighted by atomic mass is 10.2. The highest BCUT2D eigenvalue weighted by Crippen LogP contribution is 2.34. The van der Waals surface area contributed by atoms with Gasteiger partial charge in [-0.15, -0.1) is 0 Å². The number of sulfone groups is 1. The summed E-state index contributed by atoms with van der Waals surface area (Å²) in [7, 11) is -1.82. The predicted molar refractivity (Wildman–Crippen MR) is 66.7 cm³/mol. The molecular formula is C11H15ClO4S. The molecule has 4 nitrogen and oxygen atoms in total. The minimum atomic E-state index is -3.36. The van der Waals surface area contributed by atoms with Crippen molar-refractivity contribution in [3.05, 3.63) is 22.7 Å². The zero-order chi connectivity index (χ0) is 13.1. The maximum atomic E-state index is 11.6. The van der Waals surface area contributed by atoms with E-state index in [1.165, 1.54) is 6.07 Å². The second-order valence-electron chi connectivity index (χ2n) is 3.64. The quantitative estimate of drug-likeness (QED) is 0.774. The van der Waals surface area contributed by atoms with Gasteiger partial charge in [-0.2, -0.15) is 0 Å². The van der Waals surface area contributed by atoms with Crippen LogP contribution in [0.4, 0.5) is 0 Å². The molecule has 0 fully saturated rings. The van der Waals surface area contributed by atoms with Crippen LogP contribution in [0.5, 0.6) is 5.75 Å². The lowest BCUT2D eigenvalue weighted by Crippen LogP contribution is -2.09. The van der Waals surface area contributed by atoms with Crippen molar-refractivity contribution >= 4 is 21.4 Å². The second-order valence-corrected chi connectivity index (χ2v) is 6.00. The van der Waals surface area contributed by atoms with Crippen LogP contribution in [-0.2, 0) is 14.6 Å². The second kappa shape index (κ2) is 5.71. The van der Waals surface area contributed by atoms with E-state index in [2.05, 4.69) is 0 Å². The number of hydrogen-bond acceptors (Lipinski definition) is 4. The third kappa shape index (κ3) is 3.59. The Morgan fingerprint density at radius 2 is 1.94 bits per heavy atom. The number of hydrogen-bond donors (Lipinski definition) is 0. The van der Waals surface area contributed by atoms with Gasteiger partial charge in [-0.05, 0) is 18.6 Å². The summed E-state index contributed by atoms with van der Waals surface area (Å²) in [5.41, 5.74) is 0.770. The van der Waals surface area contributed by atoms with Crippen molar-refractivity contribution in [2.24, 2.45) is 0 Å². The third-order valence-electron chi connectivity index (χ3n) is 2.19. The lowest BCUT2D eigenvalue weighted by Gasteiger charge is -2.13. The van der Waals surface area contributed by atoms with Crippen LogP contribution in [0, 0.1) is 6.92 Å². The first-order chi connectivity index (χ1) is 7.88. The number of methoxy groups -OCH3 is 1. The van der Waals surface area contributed by atoms with Crippen LogP contribution in [0.3, 0.4) is 0 Å². The molecule has 0 aliphatic carbocycles. The highest BCUT2D eigenvalue weighted by atomic mass is 35.5. The van der Waals surface area contributed by atoms with Crippen LogP contribution >= 0.6 is 11.6 Å². The molecule has 0 aliphatic rings.